The second kappa shape index (κ2) is 11.1. The highest BCUT2D eigenvalue weighted by Crippen LogP contribution is 2.41. The molecule has 1 aliphatic heterocycles. The molecule has 178 valence electrons. The van der Waals surface area contributed by atoms with E-state index in [4.69, 9.17) is 37.4 Å². The maximum atomic E-state index is 12.5. The SMILES string of the molecule is CCOc1ccc(CC(=O)Nc2ccc(OC3(c4ccc(Cl)cc4Cl)CCOCC3)cc2)cc1. The summed E-state index contributed by atoms with van der Waals surface area (Å²) in [7, 11) is 0. The van der Waals surface area contributed by atoms with Gasteiger partial charge in [-0.05, 0) is 61.0 Å². The number of anilines is 1. The second-order valence-corrected chi connectivity index (χ2v) is 9.00. The van der Waals surface area contributed by atoms with Gasteiger partial charge in [-0.15, -0.1) is 0 Å². The fraction of sp³-hybridized carbons (Fsp3) is 0.296. The van der Waals surface area contributed by atoms with E-state index >= 15 is 0 Å². The van der Waals surface area contributed by atoms with Crippen LogP contribution in [0.4, 0.5) is 5.69 Å². The van der Waals surface area contributed by atoms with Crippen LogP contribution in [0.1, 0.15) is 30.9 Å². The largest absolute Gasteiger partial charge is 0.494 e. The molecule has 0 spiro atoms. The number of hydrogen-bond donors (Lipinski definition) is 1. The lowest BCUT2D eigenvalue weighted by atomic mass is 9.86. The second-order valence-electron chi connectivity index (χ2n) is 8.16. The Balaban J connectivity index is 1.42. The van der Waals surface area contributed by atoms with Gasteiger partial charge >= 0.3 is 0 Å². The van der Waals surface area contributed by atoms with Crippen molar-refractivity contribution in [1.29, 1.82) is 0 Å². The third-order valence-electron chi connectivity index (χ3n) is 5.77. The minimum atomic E-state index is -0.599. The van der Waals surface area contributed by atoms with Gasteiger partial charge in [0, 0.05) is 34.1 Å². The van der Waals surface area contributed by atoms with E-state index in [1.165, 1.54) is 0 Å². The van der Waals surface area contributed by atoms with Crippen molar-refractivity contribution in [3.63, 3.8) is 0 Å². The minimum absolute atomic E-state index is 0.0910. The van der Waals surface area contributed by atoms with E-state index in [1.54, 1.807) is 6.07 Å². The average Bonchev–Trinajstić information content (AvgIpc) is 2.82. The molecule has 1 fully saturated rings. The summed E-state index contributed by atoms with van der Waals surface area (Å²) in [5.74, 6) is 1.40. The summed E-state index contributed by atoms with van der Waals surface area (Å²) < 4.78 is 17.5. The van der Waals surface area contributed by atoms with Crippen molar-refractivity contribution in [3.05, 3.63) is 87.9 Å². The molecule has 1 saturated heterocycles. The molecule has 1 aliphatic rings. The number of nitrogens with one attached hydrogen (secondary N) is 1. The molecule has 1 heterocycles. The number of rotatable bonds is 8. The molecule has 0 bridgehead atoms. The molecule has 7 heteroatoms. The predicted octanol–water partition coefficient (Wildman–Crippen LogP) is 6.66. The Morgan fingerprint density at radius 3 is 2.29 bits per heavy atom. The maximum absolute atomic E-state index is 12.5. The number of ether oxygens (including phenoxy) is 3. The Bertz CT molecular complexity index is 1110. The maximum Gasteiger partial charge on any atom is 0.228 e. The molecule has 1 amide bonds. The first-order valence-corrected chi connectivity index (χ1v) is 12.1. The quantitative estimate of drug-likeness (QED) is 0.376. The molecular formula is C27H27Cl2NO4. The van der Waals surface area contributed by atoms with Crippen molar-refractivity contribution in [1.82, 2.24) is 0 Å². The Hall–Kier alpha value is -2.73. The van der Waals surface area contributed by atoms with Crippen LogP contribution >= 0.6 is 23.2 Å². The van der Waals surface area contributed by atoms with Crippen LogP contribution in [0.25, 0.3) is 0 Å². The van der Waals surface area contributed by atoms with Gasteiger partial charge in [-0.2, -0.15) is 0 Å². The first-order valence-electron chi connectivity index (χ1n) is 11.3. The van der Waals surface area contributed by atoms with Crippen LogP contribution in [-0.2, 0) is 21.6 Å². The fourth-order valence-electron chi connectivity index (χ4n) is 4.08. The van der Waals surface area contributed by atoms with E-state index in [2.05, 4.69) is 5.32 Å². The Morgan fingerprint density at radius 1 is 0.971 bits per heavy atom. The molecule has 0 unspecified atom stereocenters. The van der Waals surface area contributed by atoms with Gasteiger partial charge in [0.1, 0.15) is 17.1 Å². The van der Waals surface area contributed by atoms with Crippen LogP contribution in [0.15, 0.2) is 66.7 Å². The lowest BCUT2D eigenvalue weighted by molar-refractivity contribution is -0.115. The fourth-order valence-corrected chi connectivity index (χ4v) is 4.66. The molecule has 0 aromatic heterocycles. The van der Waals surface area contributed by atoms with E-state index < -0.39 is 5.60 Å². The van der Waals surface area contributed by atoms with Crippen LogP contribution < -0.4 is 14.8 Å². The molecule has 0 radical (unpaired) electrons. The highest BCUT2D eigenvalue weighted by atomic mass is 35.5. The van der Waals surface area contributed by atoms with E-state index in [0.717, 1.165) is 16.9 Å². The number of carbonyl (C=O) groups is 1. The molecule has 4 rings (SSSR count). The van der Waals surface area contributed by atoms with Gasteiger partial charge < -0.3 is 19.5 Å². The molecule has 3 aromatic carbocycles. The number of halogens is 2. The monoisotopic (exact) mass is 499 g/mol. The summed E-state index contributed by atoms with van der Waals surface area (Å²) in [5.41, 5.74) is 1.92. The number of benzene rings is 3. The lowest BCUT2D eigenvalue weighted by Gasteiger charge is -2.38. The normalized spacial score (nSPS) is 14.9. The van der Waals surface area contributed by atoms with Crippen molar-refractivity contribution >= 4 is 34.8 Å². The molecule has 34 heavy (non-hydrogen) atoms. The first-order chi connectivity index (χ1) is 16.5. The van der Waals surface area contributed by atoms with E-state index in [-0.39, 0.29) is 12.3 Å². The summed E-state index contributed by atoms with van der Waals surface area (Å²) in [5, 5.41) is 4.10. The van der Waals surface area contributed by atoms with Crippen molar-refractivity contribution in [2.24, 2.45) is 0 Å². The van der Waals surface area contributed by atoms with Gasteiger partial charge in [0.25, 0.3) is 0 Å². The van der Waals surface area contributed by atoms with Gasteiger partial charge in [-0.25, -0.2) is 0 Å². The van der Waals surface area contributed by atoms with Gasteiger partial charge in [0.15, 0.2) is 0 Å². The predicted molar refractivity (Wildman–Crippen MR) is 135 cm³/mol. The third-order valence-corrected chi connectivity index (χ3v) is 6.32. The van der Waals surface area contributed by atoms with Crippen molar-refractivity contribution < 1.29 is 19.0 Å². The van der Waals surface area contributed by atoms with Crippen LogP contribution in [0.2, 0.25) is 10.0 Å². The summed E-state index contributed by atoms with van der Waals surface area (Å²) in [6.45, 7) is 3.71. The highest BCUT2D eigenvalue weighted by molar-refractivity contribution is 6.35. The molecule has 0 aliphatic carbocycles. The van der Waals surface area contributed by atoms with E-state index in [9.17, 15) is 4.79 Å². The highest BCUT2D eigenvalue weighted by Gasteiger charge is 2.38. The number of amides is 1. The van der Waals surface area contributed by atoms with Crippen molar-refractivity contribution in [2.75, 3.05) is 25.1 Å². The third kappa shape index (κ3) is 6.03. The molecule has 5 nitrogen and oxygen atoms in total. The smallest absolute Gasteiger partial charge is 0.228 e. The van der Waals surface area contributed by atoms with Crippen LogP contribution in [-0.4, -0.2) is 25.7 Å². The molecule has 1 N–H and O–H groups in total. The zero-order valence-corrected chi connectivity index (χ0v) is 20.5. The molecule has 0 atom stereocenters. The zero-order chi connectivity index (χ0) is 24.0. The van der Waals surface area contributed by atoms with Crippen molar-refractivity contribution in [3.8, 4) is 11.5 Å². The molecule has 3 aromatic rings. The number of hydrogen-bond acceptors (Lipinski definition) is 4. The Labute approximate surface area is 209 Å². The molecular weight excluding hydrogens is 473 g/mol. The van der Waals surface area contributed by atoms with Gasteiger partial charge in [-0.1, -0.05) is 41.4 Å². The van der Waals surface area contributed by atoms with Crippen LogP contribution in [0.5, 0.6) is 11.5 Å². The topological polar surface area (TPSA) is 56.8 Å². The summed E-state index contributed by atoms with van der Waals surface area (Å²) >= 11 is 12.6. The van der Waals surface area contributed by atoms with Gasteiger partial charge in [0.05, 0.1) is 26.2 Å². The Morgan fingerprint density at radius 2 is 1.65 bits per heavy atom. The Kier molecular flexibility index (Phi) is 7.99. The van der Waals surface area contributed by atoms with Crippen LogP contribution in [0, 0.1) is 0 Å². The minimum Gasteiger partial charge on any atom is -0.494 e. The molecule has 0 saturated carbocycles. The first kappa shape index (κ1) is 24.4. The van der Waals surface area contributed by atoms with Crippen molar-refractivity contribution in [2.45, 2.75) is 31.8 Å². The summed E-state index contributed by atoms with van der Waals surface area (Å²) in [6, 6.07) is 20.4. The van der Waals surface area contributed by atoms with Gasteiger partial charge in [0.2, 0.25) is 5.91 Å². The zero-order valence-electron chi connectivity index (χ0n) is 19.0. The average molecular weight is 500 g/mol. The summed E-state index contributed by atoms with van der Waals surface area (Å²) in [6.07, 6.45) is 1.63. The van der Waals surface area contributed by atoms with E-state index in [1.807, 2.05) is 67.6 Å². The van der Waals surface area contributed by atoms with E-state index in [0.29, 0.717) is 54.1 Å². The van der Waals surface area contributed by atoms with Crippen LogP contribution in [0.3, 0.4) is 0 Å². The van der Waals surface area contributed by atoms with Gasteiger partial charge in [-0.3, -0.25) is 4.79 Å². The standard InChI is InChI=1S/C27H27Cl2NO4/c1-2-33-22-8-3-19(4-9-22)17-26(31)30-21-6-10-23(11-7-21)34-27(13-15-32-16-14-27)24-12-5-20(28)18-25(24)29/h3-12,18H,2,13-17H2,1H3,(H,30,31). The number of carbonyl (C=O) groups excluding carboxylic acids is 1. The lowest BCUT2D eigenvalue weighted by Crippen LogP contribution is -2.39. The summed E-state index contributed by atoms with van der Waals surface area (Å²) in [4.78, 5) is 12.5.